The maximum atomic E-state index is 15.3. The van der Waals surface area contributed by atoms with E-state index in [2.05, 4.69) is 16.8 Å². The quantitative estimate of drug-likeness (QED) is 0.470. The highest BCUT2D eigenvalue weighted by molar-refractivity contribution is 5.83. The van der Waals surface area contributed by atoms with Crippen LogP contribution in [0.4, 0.5) is 8.78 Å². The third-order valence-corrected chi connectivity index (χ3v) is 6.67. The van der Waals surface area contributed by atoms with Crippen molar-refractivity contribution in [3.63, 3.8) is 0 Å². The first-order valence-electron chi connectivity index (χ1n) is 11.7. The number of carboxylic acid groups (broad SMARTS) is 1. The first-order chi connectivity index (χ1) is 17.0. The summed E-state index contributed by atoms with van der Waals surface area (Å²) in [5, 5.41) is 10.5. The molecule has 0 saturated carbocycles. The standard InChI is InChI=1S/C28H28F2N2O3/c1-35-21-9-11-27-23(17-21)22(12-14-31-27)26(30)10-8-19-13-16-32(18-24(19)28(33)34)15-4-6-20-5-2-3-7-25(20)29/h2-3,5,7,9,11-12,14,17,19,24,26H,8,10,13,15-16,18H2,1H3,(H,33,34)/t19-,24+,26-/m1/s1. The molecule has 1 fully saturated rings. The van der Waals surface area contributed by atoms with E-state index in [-0.39, 0.29) is 18.2 Å². The number of piperidine rings is 1. The summed E-state index contributed by atoms with van der Waals surface area (Å²) >= 11 is 0. The lowest BCUT2D eigenvalue weighted by molar-refractivity contribution is -0.146. The van der Waals surface area contributed by atoms with Crippen molar-refractivity contribution in [3.05, 3.63) is 71.7 Å². The topological polar surface area (TPSA) is 62.7 Å². The molecule has 1 aromatic heterocycles. The van der Waals surface area contributed by atoms with Crippen molar-refractivity contribution in [2.45, 2.75) is 25.4 Å². The first kappa shape index (κ1) is 24.6. The minimum Gasteiger partial charge on any atom is -0.497 e. The van der Waals surface area contributed by atoms with E-state index < -0.39 is 18.1 Å². The Morgan fingerprint density at radius 2 is 2.11 bits per heavy atom. The number of carbonyl (C=O) groups is 1. The molecule has 1 aliphatic heterocycles. The molecule has 7 heteroatoms. The van der Waals surface area contributed by atoms with Gasteiger partial charge < -0.3 is 9.84 Å². The Morgan fingerprint density at radius 1 is 1.29 bits per heavy atom. The van der Waals surface area contributed by atoms with Crippen molar-refractivity contribution in [1.29, 1.82) is 0 Å². The van der Waals surface area contributed by atoms with Gasteiger partial charge in [0.05, 0.1) is 30.7 Å². The molecule has 0 radical (unpaired) electrons. The van der Waals surface area contributed by atoms with Gasteiger partial charge in [0, 0.05) is 18.1 Å². The summed E-state index contributed by atoms with van der Waals surface area (Å²) in [6, 6.07) is 13.4. The van der Waals surface area contributed by atoms with Crippen LogP contribution in [0.3, 0.4) is 0 Å². The average molecular weight is 479 g/mol. The SMILES string of the molecule is COc1ccc2nccc([C@H](F)CC[C@@H]3CCN(CC#Cc4ccccc4F)C[C@@H]3C(=O)O)c2c1. The minimum atomic E-state index is -1.23. The number of methoxy groups -OCH3 is 1. The number of rotatable bonds is 7. The van der Waals surface area contributed by atoms with Gasteiger partial charge in [-0.15, -0.1) is 0 Å². The maximum absolute atomic E-state index is 15.3. The molecule has 0 aliphatic carbocycles. The van der Waals surface area contributed by atoms with Gasteiger partial charge in [-0.25, -0.2) is 8.78 Å². The Bertz CT molecular complexity index is 1250. The monoisotopic (exact) mass is 478 g/mol. The molecule has 4 rings (SSSR count). The molecule has 0 amide bonds. The van der Waals surface area contributed by atoms with Gasteiger partial charge in [-0.3, -0.25) is 14.7 Å². The fourth-order valence-electron chi connectivity index (χ4n) is 4.71. The second-order valence-electron chi connectivity index (χ2n) is 8.84. The Kier molecular flexibility index (Phi) is 7.94. The van der Waals surface area contributed by atoms with Crippen LogP contribution in [0.1, 0.15) is 36.6 Å². The van der Waals surface area contributed by atoms with Gasteiger partial charge in [-0.1, -0.05) is 24.0 Å². The molecule has 1 aliphatic rings. The minimum absolute atomic E-state index is 0.121. The Hall–Kier alpha value is -3.50. The molecule has 182 valence electrons. The van der Waals surface area contributed by atoms with Gasteiger partial charge in [-0.2, -0.15) is 0 Å². The van der Waals surface area contributed by atoms with E-state index in [1.165, 1.54) is 6.07 Å². The molecule has 1 N–H and O–H groups in total. The number of fused-ring (bicyclic) bond motifs is 1. The number of ether oxygens (including phenoxy) is 1. The van der Waals surface area contributed by atoms with Crippen LogP contribution in [0, 0.1) is 29.5 Å². The van der Waals surface area contributed by atoms with E-state index in [4.69, 9.17) is 4.74 Å². The van der Waals surface area contributed by atoms with E-state index in [1.54, 1.807) is 55.8 Å². The number of halogens is 2. The zero-order valence-electron chi connectivity index (χ0n) is 19.6. The van der Waals surface area contributed by atoms with Gasteiger partial charge in [0.1, 0.15) is 17.7 Å². The summed E-state index contributed by atoms with van der Waals surface area (Å²) in [7, 11) is 1.56. The van der Waals surface area contributed by atoms with E-state index in [9.17, 15) is 14.3 Å². The van der Waals surface area contributed by atoms with Crippen LogP contribution in [0.2, 0.25) is 0 Å². The number of nitrogens with zero attached hydrogens (tertiary/aromatic N) is 2. The molecule has 0 spiro atoms. The number of carboxylic acids is 1. The lowest BCUT2D eigenvalue weighted by Crippen LogP contribution is -2.44. The summed E-state index contributed by atoms with van der Waals surface area (Å²) < 4.78 is 34.4. The third-order valence-electron chi connectivity index (χ3n) is 6.67. The number of hydrogen-bond donors (Lipinski definition) is 1. The summed E-state index contributed by atoms with van der Waals surface area (Å²) in [6.45, 7) is 1.38. The number of aliphatic carboxylic acids is 1. The van der Waals surface area contributed by atoms with Crippen molar-refractivity contribution in [3.8, 4) is 17.6 Å². The Morgan fingerprint density at radius 3 is 2.89 bits per heavy atom. The van der Waals surface area contributed by atoms with E-state index in [0.29, 0.717) is 60.3 Å². The largest absolute Gasteiger partial charge is 0.497 e. The second-order valence-corrected chi connectivity index (χ2v) is 8.84. The molecule has 35 heavy (non-hydrogen) atoms. The van der Waals surface area contributed by atoms with Crippen LogP contribution in [-0.2, 0) is 4.79 Å². The van der Waals surface area contributed by atoms with Gasteiger partial charge in [0.15, 0.2) is 0 Å². The molecular weight excluding hydrogens is 450 g/mol. The lowest BCUT2D eigenvalue weighted by atomic mass is 9.81. The van der Waals surface area contributed by atoms with Crippen LogP contribution < -0.4 is 4.74 Å². The number of hydrogen-bond acceptors (Lipinski definition) is 4. The van der Waals surface area contributed by atoms with Crippen molar-refractivity contribution < 1.29 is 23.4 Å². The third kappa shape index (κ3) is 5.95. The number of aromatic nitrogens is 1. The lowest BCUT2D eigenvalue weighted by Gasteiger charge is -2.35. The molecule has 3 aromatic rings. The molecular formula is C28H28F2N2O3. The van der Waals surface area contributed by atoms with E-state index >= 15 is 4.39 Å². The fraction of sp³-hybridized carbons (Fsp3) is 0.357. The normalized spacial score (nSPS) is 19.1. The van der Waals surface area contributed by atoms with Crippen molar-refractivity contribution in [2.24, 2.45) is 11.8 Å². The fourth-order valence-corrected chi connectivity index (χ4v) is 4.71. The summed E-state index contributed by atoms with van der Waals surface area (Å²) in [4.78, 5) is 18.3. The van der Waals surface area contributed by atoms with Crippen molar-refractivity contribution >= 4 is 16.9 Å². The van der Waals surface area contributed by atoms with E-state index in [0.717, 1.165) is 0 Å². The van der Waals surface area contributed by atoms with Crippen molar-refractivity contribution in [1.82, 2.24) is 9.88 Å². The number of pyridine rings is 1. The highest BCUT2D eigenvalue weighted by Gasteiger charge is 2.34. The number of alkyl halides is 1. The number of benzene rings is 2. The molecule has 2 heterocycles. The molecule has 0 unspecified atom stereocenters. The zero-order valence-corrected chi connectivity index (χ0v) is 19.6. The molecule has 5 nitrogen and oxygen atoms in total. The van der Waals surface area contributed by atoms with Crippen LogP contribution >= 0.6 is 0 Å². The smallest absolute Gasteiger partial charge is 0.308 e. The Labute approximate surface area is 203 Å². The predicted molar refractivity (Wildman–Crippen MR) is 130 cm³/mol. The Balaban J connectivity index is 1.38. The average Bonchev–Trinajstić information content (AvgIpc) is 2.88. The molecule has 0 bridgehead atoms. The van der Waals surface area contributed by atoms with Crippen molar-refractivity contribution in [2.75, 3.05) is 26.7 Å². The van der Waals surface area contributed by atoms with Crippen LogP contribution in [0.5, 0.6) is 5.75 Å². The van der Waals surface area contributed by atoms with Gasteiger partial charge >= 0.3 is 5.97 Å². The van der Waals surface area contributed by atoms with E-state index in [1.807, 2.05) is 4.90 Å². The number of likely N-dealkylation sites (tertiary alicyclic amines) is 1. The van der Waals surface area contributed by atoms with Gasteiger partial charge in [0.25, 0.3) is 0 Å². The molecule has 3 atom stereocenters. The van der Waals surface area contributed by atoms with Crippen LogP contribution in [-0.4, -0.2) is 47.7 Å². The second kappa shape index (κ2) is 11.3. The highest BCUT2D eigenvalue weighted by atomic mass is 19.1. The predicted octanol–water partition coefficient (Wildman–Crippen LogP) is 5.25. The summed E-state index contributed by atoms with van der Waals surface area (Å²) in [5.74, 6) is 4.44. The van der Waals surface area contributed by atoms with Crippen LogP contribution in [0.15, 0.2) is 54.7 Å². The molecule has 1 saturated heterocycles. The van der Waals surface area contributed by atoms with Crippen LogP contribution in [0.25, 0.3) is 10.9 Å². The molecule has 2 aromatic carbocycles. The maximum Gasteiger partial charge on any atom is 0.308 e. The van der Waals surface area contributed by atoms with Gasteiger partial charge in [0.2, 0.25) is 0 Å². The summed E-state index contributed by atoms with van der Waals surface area (Å²) in [6.07, 6.45) is 1.72. The van der Waals surface area contributed by atoms with Gasteiger partial charge in [-0.05, 0) is 73.7 Å². The zero-order chi connectivity index (χ0) is 24.8. The first-order valence-corrected chi connectivity index (χ1v) is 11.7. The summed E-state index contributed by atoms with van der Waals surface area (Å²) in [5.41, 5.74) is 1.56. The highest BCUT2D eigenvalue weighted by Crippen LogP contribution is 2.35.